The maximum absolute atomic E-state index is 11.7. The number of nitrogen functional groups attached to an aromatic ring is 1. The molecule has 1 aromatic heterocycles. The van der Waals surface area contributed by atoms with Crippen LogP contribution in [0.4, 0.5) is 5.69 Å². The Kier molecular flexibility index (Phi) is 2.82. The van der Waals surface area contributed by atoms with Crippen LogP contribution < -0.4 is 16.6 Å². The Hall–Kier alpha value is -2.30. The fraction of sp³-hybridized carbons (Fsp3) is 0.167. The molecule has 0 spiro atoms. The number of benzene rings is 1. The summed E-state index contributed by atoms with van der Waals surface area (Å²) in [6.45, 7) is 2.27. The Balaban J connectivity index is 2.66. The average molecular weight is 231 g/mol. The molecular formula is C12H13N3O2. The molecule has 2 aromatic rings. The van der Waals surface area contributed by atoms with Crippen molar-refractivity contribution in [2.24, 2.45) is 0 Å². The van der Waals surface area contributed by atoms with Crippen LogP contribution in [0.1, 0.15) is 17.3 Å². The lowest BCUT2D eigenvalue weighted by atomic mass is 10.1. The van der Waals surface area contributed by atoms with E-state index >= 15 is 0 Å². The van der Waals surface area contributed by atoms with Gasteiger partial charge in [0.25, 0.3) is 11.5 Å². The molecular weight excluding hydrogens is 218 g/mol. The zero-order valence-corrected chi connectivity index (χ0v) is 9.41. The number of anilines is 1. The molecule has 5 nitrogen and oxygen atoms in total. The maximum atomic E-state index is 11.7. The molecule has 0 saturated heterocycles. The van der Waals surface area contributed by atoms with E-state index in [-0.39, 0.29) is 11.5 Å². The second-order valence-corrected chi connectivity index (χ2v) is 3.68. The minimum absolute atomic E-state index is 0.0808. The summed E-state index contributed by atoms with van der Waals surface area (Å²) in [7, 11) is 0. The SMILES string of the molecule is CCNC(=O)c1cc2c(N)cccc2[nH]c1=O. The summed E-state index contributed by atoms with van der Waals surface area (Å²) >= 11 is 0. The highest BCUT2D eigenvalue weighted by Gasteiger charge is 2.11. The standard InChI is InChI=1S/C12H13N3O2/c1-2-14-11(16)8-6-7-9(13)4-3-5-10(7)15-12(8)17/h3-6H,2,13H2,1H3,(H,14,16)(H,15,17). The van der Waals surface area contributed by atoms with Gasteiger partial charge in [-0.05, 0) is 25.1 Å². The number of pyridine rings is 1. The Labute approximate surface area is 97.6 Å². The largest absolute Gasteiger partial charge is 0.398 e. The van der Waals surface area contributed by atoms with Crippen LogP contribution in [0.15, 0.2) is 29.1 Å². The quantitative estimate of drug-likeness (QED) is 0.670. The zero-order chi connectivity index (χ0) is 12.4. The predicted molar refractivity (Wildman–Crippen MR) is 67.0 cm³/mol. The minimum Gasteiger partial charge on any atom is -0.398 e. The molecule has 88 valence electrons. The number of amides is 1. The van der Waals surface area contributed by atoms with Gasteiger partial charge in [0, 0.05) is 17.6 Å². The van der Waals surface area contributed by atoms with Gasteiger partial charge in [-0.25, -0.2) is 0 Å². The lowest BCUT2D eigenvalue weighted by molar-refractivity contribution is 0.0954. The van der Waals surface area contributed by atoms with Gasteiger partial charge in [-0.3, -0.25) is 9.59 Å². The van der Waals surface area contributed by atoms with E-state index in [9.17, 15) is 9.59 Å². The molecule has 0 fully saturated rings. The number of nitrogens with two attached hydrogens (primary N) is 1. The number of hydrogen-bond acceptors (Lipinski definition) is 3. The number of H-pyrrole nitrogens is 1. The molecule has 0 atom stereocenters. The van der Waals surface area contributed by atoms with Crippen molar-refractivity contribution in [2.75, 3.05) is 12.3 Å². The number of hydrogen-bond donors (Lipinski definition) is 3. The number of aromatic nitrogens is 1. The summed E-state index contributed by atoms with van der Waals surface area (Å²) in [6, 6.07) is 6.74. The molecule has 0 aliphatic carbocycles. The summed E-state index contributed by atoms with van der Waals surface area (Å²) in [5.74, 6) is -0.390. The molecule has 1 aromatic carbocycles. The van der Waals surface area contributed by atoms with E-state index in [0.717, 1.165) is 0 Å². The molecule has 0 aliphatic heterocycles. The van der Waals surface area contributed by atoms with Gasteiger partial charge in [0.15, 0.2) is 0 Å². The van der Waals surface area contributed by atoms with E-state index in [1.165, 1.54) is 6.07 Å². The van der Waals surface area contributed by atoms with Crippen LogP contribution in [0.2, 0.25) is 0 Å². The molecule has 0 unspecified atom stereocenters. The smallest absolute Gasteiger partial charge is 0.261 e. The number of carbonyl (C=O) groups is 1. The van der Waals surface area contributed by atoms with Gasteiger partial charge >= 0.3 is 0 Å². The highest BCUT2D eigenvalue weighted by molar-refractivity contribution is 5.99. The monoisotopic (exact) mass is 231 g/mol. The summed E-state index contributed by atoms with van der Waals surface area (Å²) in [6.07, 6.45) is 0. The van der Waals surface area contributed by atoms with Crippen molar-refractivity contribution in [1.82, 2.24) is 10.3 Å². The van der Waals surface area contributed by atoms with Gasteiger partial charge in [-0.15, -0.1) is 0 Å². The Bertz CT molecular complexity index is 631. The summed E-state index contributed by atoms with van der Waals surface area (Å²) in [4.78, 5) is 26.0. The van der Waals surface area contributed by atoms with Gasteiger partial charge < -0.3 is 16.0 Å². The van der Waals surface area contributed by atoms with E-state index in [2.05, 4.69) is 10.3 Å². The normalized spacial score (nSPS) is 10.4. The molecule has 0 radical (unpaired) electrons. The maximum Gasteiger partial charge on any atom is 0.261 e. The van der Waals surface area contributed by atoms with Gasteiger partial charge in [0.2, 0.25) is 0 Å². The Morgan fingerprint density at radius 1 is 1.47 bits per heavy atom. The fourth-order valence-corrected chi connectivity index (χ4v) is 1.68. The summed E-state index contributed by atoms with van der Waals surface area (Å²) in [5.41, 5.74) is 6.63. The van der Waals surface area contributed by atoms with Crippen LogP contribution in [0.5, 0.6) is 0 Å². The highest BCUT2D eigenvalue weighted by Crippen LogP contribution is 2.18. The highest BCUT2D eigenvalue weighted by atomic mass is 16.2. The summed E-state index contributed by atoms with van der Waals surface area (Å²) < 4.78 is 0. The third-order valence-corrected chi connectivity index (χ3v) is 2.50. The Morgan fingerprint density at radius 3 is 2.94 bits per heavy atom. The van der Waals surface area contributed by atoms with Gasteiger partial charge in [0.05, 0.1) is 5.52 Å². The van der Waals surface area contributed by atoms with Gasteiger partial charge in [0.1, 0.15) is 5.56 Å². The van der Waals surface area contributed by atoms with Crippen molar-refractivity contribution in [2.45, 2.75) is 6.92 Å². The third kappa shape index (κ3) is 1.99. The van der Waals surface area contributed by atoms with E-state index < -0.39 is 5.56 Å². The first-order chi connectivity index (χ1) is 8.13. The molecule has 0 bridgehead atoms. The van der Waals surface area contributed by atoms with E-state index in [1.807, 2.05) is 0 Å². The second-order valence-electron chi connectivity index (χ2n) is 3.68. The molecule has 2 rings (SSSR count). The number of aromatic amines is 1. The zero-order valence-electron chi connectivity index (χ0n) is 9.41. The van der Waals surface area contributed by atoms with Crippen LogP contribution in [0.25, 0.3) is 10.9 Å². The number of fused-ring (bicyclic) bond motifs is 1. The van der Waals surface area contributed by atoms with Crippen LogP contribution in [-0.4, -0.2) is 17.4 Å². The molecule has 4 N–H and O–H groups in total. The Morgan fingerprint density at radius 2 is 2.24 bits per heavy atom. The summed E-state index contributed by atoms with van der Waals surface area (Å²) in [5, 5.41) is 3.26. The van der Waals surface area contributed by atoms with E-state index in [1.54, 1.807) is 25.1 Å². The van der Waals surface area contributed by atoms with Crippen molar-refractivity contribution in [3.8, 4) is 0 Å². The van der Waals surface area contributed by atoms with Crippen LogP contribution in [-0.2, 0) is 0 Å². The van der Waals surface area contributed by atoms with Crippen LogP contribution >= 0.6 is 0 Å². The number of nitrogens with one attached hydrogen (secondary N) is 2. The van der Waals surface area contributed by atoms with Crippen molar-refractivity contribution >= 4 is 22.5 Å². The van der Waals surface area contributed by atoms with E-state index in [0.29, 0.717) is 23.1 Å². The van der Waals surface area contributed by atoms with Crippen LogP contribution in [0.3, 0.4) is 0 Å². The first-order valence-electron chi connectivity index (χ1n) is 5.33. The van der Waals surface area contributed by atoms with Gasteiger partial charge in [-0.1, -0.05) is 6.07 Å². The molecule has 1 amide bonds. The molecule has 17 heavy (non-hydrogen) atoms. The average Bonchev–Trinajstić information content (AvgIpc) is 2.29. The second kappa shape index (κ2) is 4.29. The molecule has 1 heterocycles. The predicted octanol–water partition coefficient (Wildman–Crippen LogP) is 0.860. The topological polar surface area (TPSA) is 88.0 Å². The molecule has 0 saturated carbocycles. The minimum atomic E-state index is -0.408. The first-order valence-corrected chi connectivity index (χ1v) is 5.33. The van der Waals surface area contributed by atoms with Crippen LogP contribution in [0, 0.1) is 0 Å². The number of rotatable bonds is 2. The van der Waals surface area contributed by atoms with Crippen molar-refractivity contribution in [1.29, 1.82) is 0 Å². The molecule has 5 heteroatoms. The molecule has 0 aliphatic rings. The lowest BCUT2D eigenvalue weighted by Crippen LogP contribution is -2.29. The first kappa shape index (κ1) is 11.2. The number of carbonyl (C=O) groups excluding carboxylic acids is 1. The third-order valence-electron chi connectivity index (χ3n) is 2.50. The fourth-order valence-electron chi connectivity index (χ4n) is 1.68. The van der Waals surface area contributed by atoms with Gasteiger partial charge in [-0.2, -0.15) is 0 Å². The lowest BCUT2D eigenvalue weighted by Gasteiger charge is -2.05. The van der Waals surface area contributed by atoms with E-state index in [4.69, 9.17) is 5.73 Å². The van der Waals surface area contributed by atoms with Crippen molar-refractivity contribution in [3.63, 3.8) is 0 Å². The van der Waals surface area contributed by atoms with Crippen molar-refractivity contribution in [3.05, 3.63) is 40.2 Å². The van der Waals surface area contributed by atoms with Crippen molar-refractivity contribution < 1.29 is 4.79 Å².